The lowest BCUT2D eigenvalue weighted by Crippen LogP contribution is -2.48. The molecule has 0 bridgehead atoms. The van der Waals surface area contributed by atoms with Gasteiger partial charge in [-0.1, -0.05) is 11.6 Å². The highest BCUT2D eigenvalue weighted by Gasteiger charge is 2.14. The van der Waals surface area contributed by atoms with Crippen LogP contribution in [0.1, 0.15) is 10.4 Å². The Labute approximate surface area is 104 Å². The van der Waals surface area contributed by atoms with Crippen LogP contribution < -0.4 is 10.6 Å². The number of nitrogens with zero attached hydrogens (tertiary/aromatic N) is 1. The number of β-amino-alcohol motifs (C(OH)–C–C–N with tert-alkyl or cyclic N) is 1. The van der Waals surface area contributed by atoms with Crippen molar-refractivity contribution in [2.24, 2.45) is 4.99 Å². The van der Waals surface area contributed by atoms with Crippen LogP contribution in [0.3, 0.4) is 0 Å². The lowest BCUT2D eigenvalue weighted by atomic mass is 10.2. The molecule has 1 amide bonds. The number of aliphatic hydroxyl groups is 1. The third kappa shape index (κ3) is 3.18. The largest absolute Gasteiger partial charge is 0.389 e. The summed E-state index contributed by atoms with van der Waals surface area (Å²) in [5.41, 5.74) is 0.505. The van der Waals surface area contributed by atoms with E-state index >= 15 is 0 Å². The molecule has 0 saturated carbocycles. The van der Waals surface area contributed by atoms with Gasteiger partial charge < -0.3 is 10.4 Å². The molecule has 0 aliphatic carbocycles. The minimum atomic E-state index is -0.494. The number of hydrogen-bond donors (Lipinski definition) is 3. The van der Waals surface area contributed by atoms with Gasteiger partial charge in [0.1, 0.15) is 0 Å². The first-order valence-electron chi connectivity index (χ1n) is 5.18. The predicted molar refractivity (Wildman–Crippen MR) is 65.2 cm³/mol. The molecular formula is C11H12ClN3O2. The van der Waals surface area contributed by atoms with E-state index in [2.05, 4.69) is 15.6 Å². The van der Waals surface area contributed by atoms with Crippen LogP contribution in [0.2, 0.25) is 5.02 Å². The fourth-order valence-corrected chi connectivity index (χ4v) is 1.52. The molecule has 90 valence electrons. The summed E-state index contributed by atoms with van der Waals surface area (Å²) >= 11 is 5.73. The zero-order valence-corrected chi connectivity index (χ0v) is 9.74. The van der Waals surface area contributed by atoms with Gasteiger partial charge in [0.25, 0.3) is 5.91 Å². The zero-order chi connectivity index (χ0) is 12.3. The molecule has 1 aliphatic rings. The number of guanidine groups is 1. The Kier molecular flexibility index (Phi) is 3.61. The Morgan fingerprint density at radius 1 is 1.47 bits per heavy atom. The maximum absolute atomic E-state index is 11.8. The van der Waals surface area contributed by atoms with Crippen molar-refractivity contribution in [3.8, 4) is 0 Å². The maximum atomic E-state index is 11.8. The second-order valence-electron chi connectivity index (χ2n) is 3.69. The number of amides is 1. The normalized spacial score (nSPS) is 19.2. The number of benzene rings is 1. The van der Waals surface area contributed by atoms with E-state index in [1.807, 2.05) is 0 Å². The van der Waals surface area contributed by atoms with Crippen molar-refractivity contribution >= 4 is 23.5 Å². The zero-order valence-electron chi connectivity index (χ0n) is 8.98. The molecule has 0 spiro atoms. The number of nitrogens with one attached hydrogen (secondary N) is 2. The molecule has 1 aromatic rings. The summed E-state index contributed by atoms with van der Waals surface area (Å²) in [6, 6.07) is 6.57. The van der Waals surface area contributed by atoms with Crippen LogP contribution in [0, 0.1) is 0 Å². The van der Waals surface area contributed by atoms with Gasteiger partial charge in [-0.25, -0.2) is 0 Å². The molecule has 6 heteroatoms. The van der Waals surface area contributed by atoms with Crippen molar-refractivity contribution in [1.82, 2.24) is 10.6 Å². The van der Waals surface area contributed by atoms with Crippen molar-refractivity contribution in [3.05, 3.63) is 34.9 Å². The summed E-state index contributed by atoms with van der Waals surface area (Å²) < 4.78 is 0. The SMILES string of the molecule is O=C(NC1=NCC(O)CN1)c1ccc(Cl)cc1. The predicted octanol–water partition coefficient (Wildman–Crippen LogP) is 0.390. The van der Waals surface area contributed by atoms with Gasteiger partial charge in [-0.05, 0) is 24.3 Å². The first-order valence-corrected chi connectivity index (χ1v) is 5.56. The minimum Gasteiger partial charge on any atom is -0.389 e. The molecule has 1 unspecified atom stereocenters. The molecule has 2 rings (SSSR count). The van der Waals surface area contributed by atoms with Crippen molar-refractivity contribution in [1.29, 1.82) is 0 Å². The molecule has 1 aliphatic heterocycles. The van der Waals surface area contributed by atoms with Crippen LogP contribution in [0.5, 0.6) is 0 Å². The Bertz CT molecular complexity index is 445. The van der Waals surface area contributed by atoms with E-state index in [0.29, 0.717) is 29.6 Å². The lowest BCUT2D eigenvalue weighted by Gasteiger charge is -2.19. The molecular weight excluding hydrogens is 242 g/mol. The van der Waals surface area contributed by atoms with E-state index in [1.54, 1.807) is 24.3 Å². The Morgan fingerprint density at radius 2 is 2.18 bits per heavy atom. The van der Waals surface area contributed by atoms with Crippen LogP contribution in [-0.4, -0.2) is 36.2 Å². The molecule has 0 fully saturated rings. The van der Waals surface area contributed by atoms with Gasteiger partial charge in [0.2, 0.25) is 0 Å². The number of rotatable bonds is 1. The number of hydrogen-bond acceptors (Lipinski definition) is 4. The number of halogens is 1. The smallest absolute Gasteiger partial charge is 0.257 e. The van der Waals surface area contributed by atoms with E-state index < -0.39 is 6.10 Å². The third-order valence-corrected chi connectivity index (χ3v) is 2.56. The van der Waals surface area contributed by atoms with E-state index in [4.69, 9.17) is 11.6 Å². The Hall–Kier alpha value is -1.59. The number of carbonyl (C=O) groups is 1. The van der Waals surface area contributed by atoms with Gasteiger partial charge in [0.15, 0.2) is 5.96 Å². The summed E-state index contributed by atoms with van der Waals surface area (Å²) in [7, 11) is 0. The molecule has 3 N–H and O–H groups in total. The number of carbonyl (C=O) groups excluding carboxylic acids is 1. The fraction of sp³-hybridized carbons (Fsp3) is 0.273. The summed E-state index contributed by atoms with van der Waals surface area (Å²) in [4.78, 5) is 15.8. The topological polar surface area (TPSA) is 73.7 Å². The first-order chi connectivity index (χ1) is 8.15. The van der Waals surface area contributed by atoms with Crippen LogP contribution in [-0.2, 0) is 0 Å². The highest BCUT2D eigenvalue weighted by molar-refractivity contribution is 6.30. The Morgan fingerprint density at radius 3 is 2.76 bits per heavy atom. The highest BCUT2D eigenvalue weighted by Crippen LogP contribution is 2.09. The second-order valence-corrected chi connectivity index (χ2v) is 4.12. The van der Waals surface area contributed by atoms with Crippen LogP contribution in [0.4, 0.5) is 0 Å². The Balaban J connectivity index is 2.00. The van der Waals surface area contributed by atoms with Crippen LogP contribution in [0.25, 0.3) is 0 Å². The number of aliphatic imine (C=N–C) groups is 1. The average molecular weight is 254 g/mol. The highest BCUT2D eigenvalue weighted by atomic mass is 35.5. The molecule has 0 radical (unpaired) electrons. The maximum Gasteiger partial charge on any atom is 0.257 e. The molecule has 0 saturated heterocycles. The van der Waals surface area contributed by atoms with E-state index in [9.17, 15) is 9.90 Å². The molecule has 17 heavy (non-hydrogen) atoms. The van der Waals surface area contributed by atoms with Crippen molar-refractivity contribution in [3.63, 3.8) is 0 Å². The van der Waals surface area contributed by atoms with Crippen molar-refractivity contribution in [2.45, 2.75) is 6.10 Å². The molecule has 5 nitrogen and oxygen atoms in total. The van der Waals surface area contributed by atoms with Crippen LogP contribution >= 0.6 is 11.6 Å². The van der Waals surface area contributed by atoms with Gasteiger partial charge in [-0.15, -0.1) is 0 Å². The van der Waals surface area contributed by atoms with Crippen LogP contribution in [0.15, 0.2) is 29.3 Å². The third-order valence-electron chi connectivity index (χ3n) is 2.30. The van der Waals surface area contributed by atoms with Crippen molar-refractivity contribution in [2.75, 3.05) is 13.1 Å². The van der Waals surface area contributed by atoms with Gasteiger partial charge in [-0.2, -0.15) is 0 Å². The standard InChI is InChI=1S/C11H12ClN3O2/c12-8-3-1-7(2-4-8)10(17)15-11-13-5-9(16)6-14-11/h1-4,9,16H,5-6H2,(H2,13,14,15,17). The lowest BCUT2D eigenvalue weighted by molar-refractivity contribution is 0.0973. The quantitative estimate of drug-likeness (QED) is 0.678. The minimum absolute atomic E-state index is 0.260. The first kappa shape index (κ1) is 11.9. The summed E-state index contributed by atoms with van der Waals surface area (Å²) in [5, 5.41) is 15.2. The molecule has 1 heterocycles. The van der Waals surface area contributed by atoms with Gasteiger partial charge in [-0.3, -0.25) is 15.1 Å². The second kappa shape index (κ2) is 5.16. The summed E-state index contributed by atoms with van der Waals surface area (Å²) in [5.74, 6) is 0.125. The summed E-state index contributed by atoms with van der Waals surface area (Å²) in [6.45, 7) is 0.683. The van der Waals surface area contributed by atoms with Crippen molar-refractivity contribution < 1.29 is 9.90 Å². The average Bonchev–Trinajstić information content (AvgIpc) is 2.33. The summed E-state index contributed by atoms with van der Waals surface area (Å²) in [6.07, 6.45) is -0.494. The van der Waals surface area contributed by atoms with Gasteiger partial charge >= 0.3 is 0 Å². The van der Waals surface area contributed by atoms with E-state index in [1.165, 1.54) is 0 Å². The molecule has 1 aromatic carbocycles. The number of aliphatic hydroxyl groups excluding tert-OH is 1. The fourth-order valence-electron chi connectivity index (χ4n) is 1.40. The van der Waals surface area contributed by atoms with E-state index in [0.717, 1.165) is 0 Å². The monoisotopic (exact) mass is 253 g/mol. The van der Waals surface area contributed by atoms with E-state index in [-0.39, 0.29) is 5.91 Å². The van der Waals surface area contributed by atoms with Gasteiger partial charge in [0.05, 0.1) is 12.6 Å². The molecule has 0 aromatic heterocycles. The molecule has 1 atom stereocenters. The van der Waals surface area contributed by atoms with Gasteiger partial charge in [0, 0.05) is 17.1 Å².